The van der Waals surface area contributed by atoms with Crippen molar-refractivity contribution in [1.29, 1.82) is 0 Å². The van der Waals surface area contributed by atoms with E-state index in [0.29, 0.717) is 22.8 Å². The molecule has 0 atom stereocenters. The number of rotatable bonds is 4. The van der Waals surface area contributed by atoms with E-state index in [1.54, 1.807) is 12.3 Å². The van der Waals surface area contributed by atoms with Crippen LogP contribution in [0.1, 0.15) is 29.0 Å². The minimum Gasteiger partial charge on any atom is -0.467 e. The van der Waals surface area contributed by atoms with Crippen molar-refractivity contribution >= 4 is 21.8 Å². The Bertz CT molecular complexity index is 542. The highest BCUT2D eigenvalue weighted by atomic mass is 79.9. The molecule has 1 amide bonds. The van der Waals surface area contributed by atoms with Gasteiger partial charge < -0.3 is 13.7 Å². The summed E-state index contributed by atoms with van der Waals surface area (Å²) in [5.74, 6) is 0.782. The third-order valence-corrected chi connectivity index (χ3v) is 3.62. The lowest BCUT2D eigenvalue weighted by atomic mass is 10.2. The summed E-state index contributed by atoms with van der Waals surface area (Å²) in [6.45, 7) is 0.508. The summed E-state index contributed by atoms with van der Waals surface area (Å²) in [5, 5.41) is 0. The van der Waals surface area contributed by atoms with Gasteiger partial charge in [-0.15, -0.1) is 0 Å². The van der Waals surface area contributed by atoms with Gasteiger partial charge in [0.1, 0.15) is 5.76 Å². The number of hydrogen-bond donors (Lipinski definition) is 0. The summed E-state index contributed by atoms with van der Waals surface area (Å²) in [4.78, 5) is 14.3. The van der Waals surface area contributed by atoms with Crippen molar-refractivity contribution in [3.05, 3.63) is 46.7 Å². The van der Waals surface area contributed by atoms with Crippen molar-refractivity contribution in [1.82, 2.24) is 4.90 Å². The Morgan fingerprint density at radius 2 is 2.17 bits per heavy atom. The van der Waals surface area contributed by atoms with Crippen molar-refractivity contribution in [3.8, 4) is 0 Å². The fourth-order valence-corrected chi connectivity index (χ4v) is 2.33. The third kappa shape index (κ3) is 2.22. The number of furan rings is 2. The Balaban J connectivity index is 1.82. The molecular formula is C13H12BrNO3. The Hall–Kier alpha value is -1.49. The average Bonchev–Trinajstić information content (AvgIpc) is 2.89. The molecule has 2 heterocycles. The highest BCUT2D eigenvalue weighted by Crippen LogP contribution is 2.31. The summed E-state index contributed by atoms with van der Waals surface area (Å²) < 4.78 is 10.9. The second-order valence-electron chi connectivity index (χ2n) is 4.35. The van der Waals surface area contributed by atoms with E-state index in [4.69, 9.17) is 8.83 Å². The number of carbonyl (C=O) groups is 1. The zero-order valence-electron chi connectivity index (χ0n) is 9.64. The van der Waals surface area contributed by atoms with Crippen LogP contribution in [0.15, 0.2) is 44.2 Å². The van der Waals surface area contributed by atoms with Crippen LogP contribution in [0.3, 0.4) is 0 Å². The van der Waals surface area contributed by atoms with Gasteiger partial charge >= 0.3 is 0 Å². The van der Waals surface area contributed by atoms with Gasteiger partial charge in [0.05, 0.1) is 24.6 Å². The fourth-order valence-electron chi connectivity index (χ4n) is 1.92. The minimum absolute atomic E-state index is 0.0190. The van der Waals surface area contributed by atoms with E-state index < -0.39 is 0 Å². The van der Waals surface area contributed by atoms with E-state index >= 15 is 0 Å². The van der Waals surface area contributed by atoms with Crippen LogP contribution in [0.5, 0.6) is 0 Å². The van der Waals surface area contributed by atoms with E-state index in [9.17, 15) is 4.79 Å². The van der Waals surface area contributed by atoms with E-state index in [1.165, 1.54) is 6.26 Å². The Kier molecular flexibility index (Phi) is 2.99. The largest absolute Gasteiger partial charge is 0.467 e. The molecule has 1 saturated carbocycles. The standard InChI is InChI=1S/C13H12BrNO3/c14-12-11(5-7-18-12)13(16)15(9-3-4-9)8-10-2-1-6-17-10/h1-2,5-7,9H,3-4,8H2. The second-order valence-corrected chi connectivity index (χ2v) is 5.07. The third-order valence-electron chi connectivity index (χ3n) is 3.00. The van der Waals surface area contributed by atoms with Crippen LogP contribution in [0.2, 0.25) is 0 Å². The Morgan fingerprint density at radius 3 is 2.72 bits per heavy atom. The number of amides is 1. The monoisotopic (exact) mass is 309 g/mol. The molecule has 94 valence electrons. The number of hydrogen-bond acceptors (Lipinski definition) is 3. The molecule has 3 rings (SSSR count). The number of nitrogens with zero attached hydrogens (tertiary/aromatic N) is 1. The van der Waals surface area contributed by atoms with Crippen molar-refractivity contribution in [2.45, 2.75) is 25.4 Å². The van der Waals surface area contributed by atoms with Gasteiger partial charge in [-0.25, -0.2) is 0 Å². The van der Waals surface area contributed by atoms with Crippen molar-refractivity contribution < 1.29 is 13.6 Å². The molecule has 0 saturated heterocycles. The normalized spacial score (nSPS) is 14.7. The first kappa shape index (κ1) is 11.6. The van der Waals surface area contributed by atoms with Gasteiger partial charge in [-0.3, -0.25) is 4.79 Å². The molecular weight excluding hydrogens is 298 g/mol. The van der Waals surface area contributed by atoms with Gasteiger partial charge in [-0.05, 0) is 47.0 Å². The number of halogens is 1. The van der Waals surface area contributed by atoms with Crippen LogP contribution >= 0.6 is 15.9 Å². The molecule has 0 unspecified atom stereocenters. The molecule has 1 aliphatic carbocycles. The zero-order valence-corrected chi connectivity index (χ0v) is 11.2. The maximum atomic E-state index is 12.4. The highest BCUT2D eigenvalue weighted by Gasteiger charge is 2.34. The van der Waals surface area contributed by atoms with Crippen molar-refractivity contribution in [3.63, 3.8) is 0 Å². The maximum absolute atomic E-state index is 12.4. The van der Waals surface area contributed by atoms with Gasteiger partial charge in [-0.2, -0.15) is 0 Å². The second kappa shape index (κ2) is 4.65. The number of carbonyl (C=O) groups excluding carboxylic acids is 1. The molecule has 0 N–H and O–H groups in total. The molecule has 2 aromatic rings. The van der Waals surface area contributed by atoms with Crippen LogP contribution in [-0.4, -0.2) is 16.8 Å². The first-order chi connectivity index (χ1) is 8.75. The average molecular weight is 310 g/mol. The summed E-state index contributed by atoms with van der Waals surface area (Å²) in [7, 11) is 0. The predicted molar refractivity (Wildman–Crippen MR) is 68.0 cm³/mol. The summed E-state index contributed by atoms with van der Waals surface area (Å²) in [6, 6.07) is 5.72. The first-order valence-electron chi connectivity index (χ1n) is 5.82. The van der Waals surface area contributed by atoms with Gasteiger partial charge in [-0.1, -0.05) is 0 Å². The molecule has 0 bridgehead atoms. The first-order valence-corrected chi connectivity index (χ1v) is 6.61. The van der Waals surface area contributed by atoms with Crippen molar-refractivity contribution in [2.75, 3.05) is 0 Å². The summed E-state index contributed by atoms with van der Waals surface area (Å²) in [6.07, 6.45) is 5.25. The maximum Gasteiger partial charge on any atom is 0.258 e. The van der Waals surface area contributed by atoms with Crippen LogP contribution in [-0.2, 0) is 6.54 Å². The molecule has 0 radical (unpaired) electrons. The molecule has 1 fully saturated rings. The lowest BCUT2D eigenvalue weighted by Crippen LogP contribution is -2.32. The zero-order chi connectivity index (χ0) is 12.5. The quantitative estimate of drug-likeness (QED) is 0.869. The van der Waals surface area contributed by atoms with E-state index in [1.807, 2.05) is 17.0 Å². The van der Waals surface area contributed by atoms with Crippen LogP contribution in [0, 0.1) is 0 Å². The van der Waals surface area contributed by atoms with E-state index in [2.05, 4.69) is 15.9 Å². The lowest BCUT2D eigenvalue weighted by molar-refractivity contribution is 0.0715. The SMILES string of the molecule is O=C(c1ccoc1Br)N(Cc1ccco1)C1CC1. The van der Waals surface area contributed by atoms with Gasteiger partial charge in [0.25, 0.3) is 5.91 Å². The van der Waals surface area contributed by atoms with Gasteiger partial charge in [0.15, 0.2) is 4.67 Å². The fraction of sp³-hybridized carbons (Fsp3) is 0.308. The smallest absolute Gasteiger partial charge is 0.258 e. The molecule has 4 nitrogen and oxygen atoms in total. The van der Waals surface area contributed by atoms with Crippen LogP contribution < -0.4 is 0 Å². The lowest BCUT2D eigenvalue weighted by Gasteiger charge is -2.20. The highest BCUT2D eigenvalue weighted by molar-refractivity contribution is 9.10. The Labute approximate surface area is 113 Å². The molecule has 2 aromatic heterocycles. The van der Waals surface area contributed by atoms with Crippen molar-refractivity contribution in [2.24, 2.45) is 0 Å². The van der Waals surface area contributed by atoms with Crippen LogP contribution in [0.4, 0.5) is 0 Å². The predicted octanol–water partition coefficient (Wildman–Crippen LogP) is 3.44. The molecule has 18 heavy (non-hydrogen) atoms. The molecule has 1 aliphatic rings. The van der Waals surface area contributed by atoms with Gasteiger partial charge in [0.2, 0.25) is 0 Å². The molecule has 0 aliphatic heterocycles. The van der Waals surface area contributed by atoms with Crippen LogP contribution in [0.25, 0.3) is 0 Å². The summed E-state index contributed by atoms with van der Waals surface area (Å²) in [5.41, 5.74) is 0.563. The topological polar surface area (TPSA) is 46.6 Å². The Morgan fingerprint density at radius 1 is 1.33 bits per heavy atom. The van der Waals surface area contributed by atoms with E-state index in [0.717, 1.165) is 18.6 Å². The molecule has 5 heteroatoms. The summed E-state index contributed by atoms with van der Waals surface area (Å²) >= 11 is 3.25. The molecule has 0 spiro atoms. The van der Waals surface area contributed by atoms with Gasteiger partial charge in [0, 0.05) is 6.04 Å². The minimum atomic E-state index is -0.0190. The van der Waals surface area contributed by atoms with E-state index in [-0.39, 0.29) is 5.91 Å². The molecule has 0 aromatic carbocycles.